The molecule has 104 valence electrons. The molecule has 0 amide bonds. The number of nitrogens with zero attached hydrogens (tertiary/aromatic N) is 2. The van der Waals surface area contributed by atoms with Gasteiger partial charge in [0.05, 0.1) is 6.61 Å². The van der Waals surface area contributed by atoms with Crippen LogP contribution in [0, 0.1) is 10.1 Å². The number of ether oxygens (including phenoxy) is 2. The van der Waals surface area contributed by atoms with Crippen molar-refractivity contribution in [3.05, 3.63) is 22.8 Å². The molecule has 1 saturated heterocycles. The van der Waals surface area contributed by atoms with Crippen LogP contribution in [-0.4, -0.2) is 54.0 Å². The highest BCUT2D eigenvalue weighted by Crippen LogP contribution is 2.27. The van der Waals surface area contributed by atoms with Gasteiger partial charge in [-0.05, 0) is 20.9 Å². The van der Waals surface area contributed by atoms with Gasteiger partial charge in [0.1, 0.15) is 12.1 Å². The highest BCUT2D eigenvalue weighted by Gasteiger charge is 2.44. The first-order chi connectivity index (χ1) is 8.28. The first-order valence-corrected chi connectivity index (χ1v) is 6.05. The van der Waals surface area contributed by atoms with Crippen LogP contribution in [0.25, 0.3) is 0 Å². The van der Waals surface area contributed by atoms with Gasteiger partial charge in [-0.3, -0.25) is 15.0 Å². The molecule has 0 radical (unpaired) electrons. The van der Waals surface area contributed by atoms with Gasteiger partial charge in [-0.15, -0.1) is 6.58 Å². The highest BCUT2D eigenvalue weighted by atomic mass is 16.7. The summed E-state index contributed by atoms with van der Waals surface area (Å²) in [5, 5.41) is 11.0. The van der Waals surface area contributed by atoms with Crippen molar-refractivity contribution in [1.29, 1.82) is 0 Å². The Labute approximate surface area is 108 Å². The first kappa shape index (κ1) is 15.1. The second kappa shape index (κ2) is 5.77. The molecule has 1 fully saturated rings. The fourth-order valence-corrected chi connectivity index (χ4v) is 2.30. The van der Waals surface area contributed by atoms with Crippen LogP contribution in [0.2, 0.25) is 0 Å². The molecule has 0 spiro atoms. The summed E-state index contributed by atoms with van der Waals surface area (Å²) in [6.45, 7) is 9.83. The summed E-state index contributed by atoms with van der Waals surface area (Å²) in [4.78, 5) is 12.6. The van der Waals surface area contributed by atoms with Gasteiger partial charge < -0.3 is 9.47 Å². The van der Waals surface area contributed by atoms with Crippen LogP contribution in [0.4, 0.5) is 0 Å². The van der Waals surface area contributed by atoms with Crippen molar-refractivity contribution < 1.29 is 14.4 Å². The summed E-state index contributed by atoms with van der Waals surface area (Å²) in [6.07, 6.45) is 1.42. The Hall–Kier alpha value is -0.980. The Morgan fingerprint density at radius 3 is 2.67 bits per heavy atom. The van der Waals surface area contributed by atoms with Gasteiger partial charge in [0, 0.05) is 18.4 Å². The van der Waals surface area contributed by atoms with Crippen molar-refractivity contribution in [1.82, 2.24) is 4.90 Å². The van der Waals surface area contributed by atoms with E-state index in [1.807, 2.05) is 25.8 Å². The van der Waals surface area contributed by atoms with E-state index in [1.165, 1.54) is 0 Å². The molecule has 1 aliphatic heterocycles. The Balaban J connectivity index is 2.84. The zero-order valence-electron chi connectivity index (χ0n) is 11.5. The molecule has 6 nitrogen and oxygen atoms in total. The predicted molar refractivity (Wildman–Crippen MR) is 68.0 cm³/mol. The van der Waals surface area contributed by atoms with Crippen LogP contribution in [0.1, 0.15) is 20.8 Å². The molecule has 1 rings (SSSR count). The molecule has 0 aliphatic carbocycles. The predicted octanol–water partition coefficient (Wildman–Crippen LogP) is 1.29. The number of nitro groups is 1. The maximum atomic E-state index is 11.0. The molecule has 0 unspecified atom stereocenters. The largest absolute Gasteiger partial charge is 0.348 e. The molecular weight excluding hydrogens is 236 g/mol. The van der Waals surface area contributed by atoms with E-state index in [9.17, 15) is 10.1 Å². The summed E-state index contributed by atoms with van der Waals surface area (Å²) < 4.78 is 11.2. The van der Waals surface area contributed by atoms with Gasteiger partial charge in [-0.25, -0.2) is 0 Å². The lowest BCUT2D eigenvalue weighted by molar-refractivity contribution is -0.528. The van der Waals surface area contributed by atoms with E-state index in [2.05, 4.69) is 6.58 Å². The second-order valence-electron chi connectivity index (χ2n) is 5.11. The van der Waals surface area contributed by atoms with Crippen LogP contribution >= 0.6 is 0 Å². The molecule has 0 bridgehead atoms. The van der Waals surface area contributed by atoms with E-state index in [0.29, 0.717) is 13.2 Å². The molecule has 0 saturated carbocycles. The maximum Gasteiger partial charge on any atom is 0.228 e. The summed E-state index contributed by atoms with van der Waals surface area (Å²) in [6, 6.07) is -1.06. The number of hydrogen-bond donors (Lipinski definition) is 0. The van der Waals surface area contributed by atoms with E-state index in [1.54, 1.807) is 13.0 Å². The number of hydrogen-bond acceptors (Lipinski definition) is 5. The third-order valence-corrected chi connectivity index (χ3v) is 3.16. The zero-order chi connectivity index (χ0) is 13.9. The monoisotopic (exact) mass is 258 g/mol. The van der Waals surface area contributed by atoms with E-state index in [0.717, 1.165) is 0 Å². The first-order valence-electron chi connectivity index (χ1n) is 6.05. The smallest absolute Gasteiger partial charge is 0.228 e. The Morgan fingerprint density at radius 1 is 1.67 bits per heavy atom. The molecule has 0 aromatic heterocycles. The van der Waals surface area contributed by atoms with Crippen LogP contribution in [0.5, 0.6) is 0 Å². The minimum atomic E-state index is -0.725. The molecule has 18 heavy (non-hydrogen) atoms. The topological polar surface area (TPSA) is 64.8 Å². The summed E-state index contributed by atoms with van der Waals surface area (Å²) in [5.74, 6) is -0.672. The quantitative estimate of drug-likeness (QED) is 0.408. The van der Waals surface area contributed by atoms with E-state index in [4.69, 9.17) is 9.47 Å². The average molecular weight is 258 g/mol. The SMILES string of the molecule is C=CCN(C)[C@H]([C@H]1COC(C)(C)O1)[C@H](C)[N+](=O)[O-]. The van der Waals surface area contributed by atoms with Gasteiger partial charge in [0.15, 0.2) is 5.79 Å². The van der Waals surface area contributed by atoms with E-state index >= 15 is 0 Å². The lowest BCUT2D eigenvalue weighted by atomic mass is 10.0. The highest BCUT2D eigenvalue weighted by molar-refractivity contribution is 4.89. The normalized spacial score (nSPS) is 25.9. The molecule has 3 atom stereocenters. The lowest BCUT2D eigenvalue weighted by Gasteiger charge is -2.31. The van der Waals surface area contributed by atoms with Crippen molar-refractivity contribution in [2.24, 2.45) is 0 Å². The van der Waals surface area contributed by atoms with Gasteiger partial charge in [-0.1, -0.05) is 6.08 Å². The summed E-state index contributed by atoms with van der Waals surface area (Å²) >= 11 is 0. The number of likely N-dealkylation sites (N-methyl/N-ethyl adjacent to an activating group) is 1. The van der Waals surface area contributed by atoms with E-state index in [-0.39, 0.29) is 17.1 Å². The summed E-state index contributed by atoms with van der Waals surface area (Å²) in [5.41, 5.74) is 0. The third-order valence-electron chi connectivity index (χ3n) is 3.16. The van der Waals surface area contributed by atoms with Crippen LogP contribution in [0.15, 0.2) is 12.7 Å². The van der Waals surface area contributed by atoms with Crippen molar-refractivity contribution >= 4 is 0 Å². The van der Waals surface area contributed by atoms with Gasteiger partial charge >= 0.3 is 0 Å². The summed E-state index contributed by atoms with van der Waals surface area (Å²) in [7, 11) is 1.83. The van der Waals surface area contributed by atoms with Crippen molar-refractivity contribution in [2.75, 3.05) is 20.2 Å². The van der Waals surface area contributed by atoms with Gasteiger partial charge in [-0.2, -0.15) is 0 Å². The maximum absolute atomic E-state index is 11.0. The van der Waals surface area contributed by atoms with Crippen molar-refractivity contribution in [3.63, 3.8) is 0 Å². The van der Waals surface area contributed by atoms with E-state index < -0.39 is 11.8 Å². The molecule has 1 aliphatic rings. The van der Waals surface area contributed by atoms with Gasteiger partial charge in [0.25, 0.3) is 0 Å². The Bertz CT molecular complexity index is 319. The third kappa shape index (κ3) is 3.51. The molecule has 0 N–H and O–H groups in total. The molecule has 0 aromatic rings. The van der Waals surface area contributed by atoms with Crippen LogP contribution in [-0.2, 0) is 9.47 Å². The van der Waals surface area contributed by atoms with Crippen LogP contribution < -0.4 is 0 Å². The standard InChI is InChI=1S/C12H22N2O4/c1-6-7-13(5)11(9(2)14(15)16)10-8-17-12(3,4)18-10/h6,9-11H,1,7-8H2,2-5H3/t9-,10+,11-/m0/s1. The van der Waals surface area contributed by atoms with Crippen LogP contribution in [0.3, 0.4) is 0 Å². The molecule has 1 heterocycles. The van der Waals surface area contributed by atoms with Crippen molar-refractivity contribution in [3.8, 4) is 0 Å². The Morgan fingerprint density at radius 2 is 2.28 bits per heavy atom. The molecule has 0 aromatic carbocycles. The number of rotatable bonds is 6. The second-order valence-corrected chi connectivity index (χ2v) is 5.11. The molecular formula is C12H22N2O4. The molecule has 6 heteroatoms. The minimum absolute atomic E-state index is 0.279. The Kier molecular flexibility index (Phi) is 4.84. The fourth-order valence-electron chi connectivity index (χ4n) is 2.30. The van der Waals surface area contributed by atoms with Crippen molar-refractivity contribution in [2.45, 2.75) is 44.7 Å². The minimum Gasteiger partial charge on any atom is -0.348 e. The zero-order valence-corrected chi connectivity index (χ0v) is 11.5. The lowest BCUT2D eigenvalue weighted by Crippen LogP contribution is -2.52. The fraction of sp³-hybridized carbons (Fsp3) is 0.833. The average Bonchev–Trinajstić information content (AvgIpc) is 2.59. The van der Waals surface area contributed by atoms with Gasteiger partial charge in [0.2, 0.25) is 6.04 Å².